The highest BCUT2D eigenvalue weighted by molar-refractivity contribution is 5.91. The Morgan fingerprint density at radius 1 is 1.38 bits per heavy atom. The van der Waals surface area contributed by atoms with Gasteiger partial charge in [0.05, 0.1) is 13.7 Å². The van der Waals surface area contributed by atoms with Gasteiger partial charge in [-0.3, -0.25) is 4.79 Å². The maximum atomic E-state index is 10.8. The van der Waals surface area contributed by atoms with E-state index in [0.29, 0.717) is 18.1 Å². The van der Waals surface area contributed by atoms with Crippen LogP contribution in [-0.4, -0.2) is 19.5 Å². The molecule has 0 aromatic heterocycles. The fourth-order valence-electron chi connectivity index (χ4n) is 1.28. The molecule has 0 N–H and O–H groups in total. The van der Waals surface area contributed by atoms with Crippen molar-refractivity contribution < 1.29 is 14.3 Å². The summed E-state index contributed by atoms with van der Waals surface area (Å²) < 4.78 is 10.6. The summed E-state index contributed by atoms with van der Waals surface area (Å²) in [7, 11) is 1.60. The highest BCUT2D eigenvalue weighted by atomic mass is 16.5. The van der Waals surface area contributed by atoms with Crippen LogP contribution in [-0.2, 0) is 4.79 Å². The van der Waals surface area contributed by atoms with Gasteiger partial charge in [-0.15, -0.1) is 0 Å². The van der Waals surface area contributed by atoms with Crippen LogP contribution in [0.2, 0.25) is 0 Å². The molecule has 0 aliphatic heterocycles. The van der Waals surface area contributed by atoms with Crippen LogP contribution >= 0.6 is 0 Å². The molecule has 0 saturated carbocycles. The zero-order chi connectivity index (χ0) is 12.0. The number of benzene rings is 1. The molecule has 0 atom stereocenters. The van der Waals surface area contributed by atoms with E-state index in [4.69, 9.17) is 9.47 Å². The predicted octanol–water partition coefficient (Wildman–Crippen LogP) is 2.70. The third-order valence-corrected chi connectivity index (χ3v) is 2.00. The molecule has 0 aliphatic carbocycles. The third kappa shape index (κ3) is 3.42. The molecule has 86 valence electrons. The van der Waals surface area contributed by atoms with Gasteiger partial charge in [0.2, 0.25) is 0 Å². The molecule has 3 nitrogen and oxygen atoms in total. The minimum absolute atomic E-state index is 0.0220. The third-order valence-electron chi connectivity index (χ3n) is 2.00. The van der Waals surface area contributed by atoms with Gasteiger partial charge in [0.15, 0.2) is 17.3 Å². The second-order valence-electron chi connectivity index (χ2n) is 3.29. The Morgan fingerprint density at radius 2 is 2.12 bits per heavy atom. The topological polar surface area (TPSA) is 35.5 Å². The Kier molecular flexibility index (Phi) is 4.58. The van der Waals surface area contributed by atoms with Crippen LogP contribution in [0, 0.1) is 0 Å². The lowest BCUT2D eigenvalue weighted by Gasteiger charge is -2.09. The molecule has 0 spiro atoms. The van der Waals surface area contributed by atoms with E-state index in [2.05, 4.69) is 0 Å². The van der Waals surface area contributed by atoms with Crippen molar-refractivity contribution >= 4 is 11.9 Å². The smallest absolute Gasteiger partial charge is 0.161 e. The average Bonchev–Trinajstić information content (AvgIpc) is 2.27. The Morgan fingerprint density at radius 3 is 2.69 bits per heavy atom. The molecule has 0 heterocycles. The number of ether oxygens (including phenoxy) is 2. The Labute approximate surface area is 95.7 Å². The monoisotopic (exact) mass is 220 g/mol. The zero-order valence-electron chi connectivity index (χ0n) is 9.82. The van der Waals surface area contributed by atoms with Gasteiger partial charge >= 0.3 is 0 Å². The second kappa shape index (κ2) is 5.95. The summed E-state index contributed by atoms with van der Waals surface area (Å²) in [6.07, 6.45) is 3.28. The minimum Gasteiger partial charge on any atom is -0.493 e. The summed E-state index contributed by atoms with van der Waals surface area (Å²) in [4.78, 5) is 10.8. The standard InChI is InChI=1S/C13H16O3/c1-4-16-13-9-11(6-5-10(2)14)7-8-12(13)15-3/h5-9H,4H2,1-3H3/b6-5+. The van der Waals surface area contributed by atoms with Crippen molar-refractivity contribution in [3.8, 4) is 11.5 Å². The summed E-state index contributed by atoms with van der Waals surface area (Å²) in [5.74, 6) is 1.41. The molecule has 0 bridgehead atoms. The van der Waals surface area contributed by atoms with Gasteiger partial charge in [0.25, 0.3) is 0 Å². The van der Waals surface area contributed by atoms with Gasteiger partial charge in [0, 0.05) is 0 Å². The molecule has 0 aliphatic rings. The summed E-state index contributed by atoms with van der Waals surface area (Å²) in [5, 5.41) is 0. The van der Waals surface area contributed by atoms with Crippen LogP contribution in [0.5, 0.6) is 11.5 Å². The number of hydrogen-bond acceptors (Lipinski definition) is 3. The van der Waals surface area contributed by atoms with Crippen molar-refractivity contribution in [2.75, 3.05) is 13.7 Å². The van der Waals surface area contributed by atoms with Crippen LogP contribution in [0.25, 0.3) is 6.08 Å². The van der Waals surface area contributed by atoms with E-state index in [1.807, 2.05) is 25.1 Å². The fraction of sp³-hybridized carbons (Fsp3) is 0.308. The van der Waals surface area contributed by atoms with Gasteiger partial charge in [-0.05, 0) is 37.6 Å². The minimum atomic E-state index is 0.0220. The quantitative estimate of drug-likeness (QED) is 0.716. The second-order valence-corrected chi connectivity index (χ2v) is 3.29. The molecule has 0 saturated heterocycles. The van der Waals surface area contributed by atoms with Crippen molar-refractivity contribution in [1.29, 1.82) is 0 Å². The lowest BCUT2D eigenvalue weighted by molar-refractivity contribution is -0.112. The number of rotatable bonds is 5. The SMILES string of the molecule is CCOc1cc(/C=C/C(C)=O)ccc1OC. The van der Waals surface area contributed by atoms with Crippen LogP contribution in [0.4, 0.5) is 0 Å². The summed E-state index contributed by atoms with van der Waals surface area (Å²) in [6, 6.07) is 5.55. The summed E-state index contributed by atoms with van der Waals surface area (Å²) in [5.41, 5.74) is 0.916. The summed E-state index contributed by atoms with van der Waals surface area (Å²) in [6.45, 7) is 4.01. The normalized spacial score (nSPS) is 10.4. The number of carbonyl (C=O) groups is 1. The van der Waals surface area contributed by atoms with Gasteiger partial charge in [0.1, 0.15) is 0 Å². The highest BCUT2D eigenvalue weighted by Crippen LogP contribution is 2.28. The Bertz CT molecular complexity index is 394. The van der Waals surface area contributed by atoms with Crippen molar-refractivity contribution in [2.24, 2.45) is 0 Å². The number of carbonyl (C=O) groups excluding carboxylic acids is 1. The van der Waals surface area contributed by atoms with E-state index in [0.717, 1.165) is 5.56 Å². The molecule has 0 amide bonds. The van der Waals surface area contributed by atoms with Gasteiger partial charge in [-0.1, -0.05) is 12.1 Å². The molecule has 1 aromatic carbocycles. The molecular weight excluding hydrogens is 204 g/mol. The van der Waals surface area contributed by atoms with Crippen LogP contribution in [0.1, 0.15) is 19.4 Å². The van der Waals surface area contributed by atoms with E-state index >= 15 is 0 Å². The molecule has 0 radical (unpaired) electrons. The van der Waals surface area contributed by atoms with Crippen molar-refractivity contribution in [2.45, 2.75) is 13.8 Å². The van der Waals surface area contributed by atoms with Crippen LogP contribution in [0.15, 0.2) is 24.3 Å². The number of ketones is 1. The van der Waals surface area contributed by atoms with E-state index < -0.39 is 0 Å². The first-order valence-electron chi connectivity index (χ1n) is 5.17. The number of hydrogen-bond donors (Lipinski definition) is 0. The molecular formula is C13H16O3. The van der Waals surface area contributed by atoms with E-state index in [9.17, 15) is 4.79 Å². The molecule has 0 fully saturated rings. The van der Waals surface area contributed by atoms with Crippen molar-refractivity contribution in [3.63, 3.8) is 0 Å². The maximum absolute atomic E-state index is 10.8. The van der Waals surface area contributed by atoms with E-state index in [1.165, 1.54) is 13.0 Å². The van der Waals surface area contributed by atoms with Crippen LogP contribution in [0.3, 0.4) is 0 Å². The van der Waals surface area contributed by atoms with Crippen molar-refractivity contribution in [3.05, 3.63) is 29.8 Å². The Hall–Kier alpha value is -1.77. The number of methoxy groups -OCH3 is 1. The first-order valence-corrected chi connectivity index (χ1v) is 5.17. The molecule has 3 heteroatoms. The van der Waals surface area contributed by atoms with E-state index in [1.54, 1.807) is 13.2 Å². The summed E-state index contributed by atoms with van der Waals surface area (Å²) >= 11 is 0. The predicted molar refractivity (Wildman–Crippen MR) is 63.9 cm³/mol. The number of allylic oxidation sites excluding steroid dienone is 1. The fourth-order valence-corrected chi connectivity index (χ4v) is 1.28. The van der Waals surface area contributed by atoms with E-state index in [-0.39, 0.29) is 5.78 Å². The van der Waals surface area contributed by atoms with Gasteiger partial charge in [-0.2, -0.15) is 0 Å². The first-order chi connectivity index (χ1) is 7.67. The lowest BCUT2D eigenvalue weighted by atomic mass is 10.2. The molecule has 1 aromatic rings. The van der Waals surface area contributed by atoms with Gasteiger partial charge < -0.3 is 9.47 Å². The highest BCUT2D eigenvalue weighted by Gasteiger charge is 2.03. The zero-order valence-corrected chi connectivity index (χ0v) is 9.82. The molecule has 0 unspecified atom stereocenters. The lowest BCUT2D eigenvalue weighted by Crippen LogP contribution is -1.95. The Balaban J connectivity index is 2.96. The van der Waals surface area contributed by atoms with Crippen molar-refractivity contribution in [1.82, 2.24) is 0 Å². The first kappa shape index (κ1) is 12.3. The average molecular weight is 220 g/mol. The molecule has 16 heavy (non-hydrogen) atoms. The van der Waals surface area contributed by atoms with Gasteiger partial charge in [-0.25, -0.2) is 0 Å². The van der Waals surface area contributed by atoms with Crippen LogP contribution < -0.4 is 9.47 Å². The molecule has 1 rings (SSSR count). The largest absolute Gasteiger partial charge is 0.493 e. The maximum Gasteiger partial charge on any atom is 0.161 e.